The summed E-state index contributed by atoms with van der Waals surface area (Å²) in [4.78, 5) is 6.44. The van der Waals surface area contributed by atoms with Crippen molar-refractivity contribution < 1.29 is 0 Å². The number of nitrogen functional groups attached to an aromatic ring is 1. The second kappa shape index (κ2) is 5.47. The van der Waals surface area contributed by atoms with Gasteiger partial charge in [0.15, 0.2) is 0 Å². The first-order valence-corrected chi connectivity index (χ1v) is 6.16. The van der Waals surface area contributed by atoms with E-state index in [4.69, 9.17) is 11.5 Å². The van der Waals surface area contributed by atoms with E-state index < -0.39 is 0 Å². The first-order valence-electron chi connectivity index (χ1n) is 6.16. The molecule has 1 unspecified atom stereocenters. The van der Waals surface area contributed by atoms with Gasteiger partial charge in [0.25, 0.3) is 0 Å². The highest BCUT2D eigenvalue weighted by Crippen LogP contribution is 2.30. The molecular weight excluding hydrogens is 212 g/mol. The lowest BCUT2D eigenvalue weighted by Crippen LogP contribution is -2.51. The van der Waals surface area contributed by atoms with Crippen LogP contribution in [0.4, 0.5) is 5.82 Å². The van der Waals surface area contributed by atoms with Crippen molar-refractivity contribution >= 4 is 5.82 Å². The van der Waals surface area contributed by atoms with E-state index in [0.717, 1.165) is 18.7 Å². The van der Waals surface area contributed by atoms with Crippen LogP contribution in [0.1, 0.15) is 39.3 Å². The summed E-state index contributed by atoms with van der Waals surface area (Å²) in [5, 5.41) is 0. The Morgan fingerprint density at radius 2 is 1.94 bits per heavy atom. The highest BCUT2D eigenvalue weighted by molar-refractivity contribution is 5.42. The monoisotopic (exact) mass is 236 g/mol. The molecule has 17 heavy (non-hydrogen) atoms. The molecule has 0 saturated heterocycles. The zero-order valence-electron chi connectivity index (χ0n) is 11.3. The number of hydrogen-bond donors (Lipinski definition) is 2. The molecule has 0 aromatic carbocycles. The number of hydrogen-bond acceptors (Lipinski definition) is 4. The summed E-state index contributed by atoms with van der Waals surface area (Å²) in [7, 11) is 0. The van der Waals surface area contributed by atoms with E-state index in [0.29, 0.717) is 5.82 Å². The molecule has 1 aromatic heterocycles. The molecule has 4 heteroatoms. The molecule has 0 bridgehead atoms. The Kier molecular flexibility index (Phi) is 4.48. The van der Waals surface area contributed by atoms with E-state index in [2.05, 4.69) is 37.6 Å². The standard InChI is InChI=1S/C13H24N4/c1-5-17(6-2)13(3,4)11(14)10-8-7-9-16-12(10)15/h7-9,11H,5-6,14H2,1-4H3,(H2,15,16). The highest BCUT2D eigenvalue weighted by atomic mass is 15.2. The van der Waals surface area contributed by atoms with Gasteiger partial charge in [0.1, 0.15) is 5.82 Å². The topological polar surface area (TPSA) is 68.2 Å². The summed E-state index contributed by atoms with van der Waals surface area (Å²) in [5.74, 6) is 0.528. The van der Waals surface area contributed by atoms with Crippen molar-refractivity contribution in [3.63, 3.8) is 0 Å². The van der Waals surface area contributed by atoms with Gasteiger partial charge in [-0.1, -0.05) is 19.9 Å². The normalized spacial score (nSPS) is 14.0. The summed E-state index contributed by atoms with van der Waals surface area (Å²) >= 11 is 0. The lowest BCUT2D eigenvalue weighted by molar-refractivity contribution is 0.107. The van der Waals surface area contributed by atoms with Gasteiger partial charge in [-0.15, -0.1) is 0 Å². The third kappa shape index (κ3) is 2.76. The molecule has 4 nitrogen and oxygen atoms in total. The molecule has 0 aliphatic carbocycles. The molecule has 1 atom stereocenters. The average Bonchev–Trinajstić information content (AvgIpc) is 2.30. The molecule has 4 N–H and O–H groups in total. The Labute approximate surface area is 104 Å². The Hall–Kier alpha value is -1.13. The Balaban J connectivity index is 3.03. The molecule has 0 fully saturated rings. The molecule has 0 saturated carbocycles. The average molecular weight is 236 g/mol. The van der Waals surface area contributed by atoms with E-state index >= 15 is 0 Å². The van der Waals surface area contributed by atoms with Crippen molar-refractivity contribution in [2.24, 2.45) is 5.73 Å². The van der Waals surface area contributed by atoms with Gasteiger partial charge in [0.2, 0.25) is 0 Å². The van der Waals surface area contributed by atoms with E-state index in [1.54, 1.807) is 6.20 Å². The molecule has 0 amide bonds. The molecule has 0 radical (unpaired) electrons. The molecule has 0 aliphatic rings. The zero-order valence-corrected chi connectivity index (χ0v) is 11.3. The fourth-order valence-electron chi connectivity index (χ4n) is 2.31. The summed E-state index contributed by atoms with van der Waals surface area (Å²) in [6, 6.07) is 3.69. The lowest BCUT2D eigenvalue weighted by Gasteiger charge is -2.42. The molecule has 0 aliphatic heterocycles. The van der Waals surface area contributed by atoms with Crippen LogP contribution in [-0.2, 0) is 0 Å². The predicted molar refractivity (Wildman–Crippen MR) is 72.6 cm³/mol. The van der Waals surface area contributed by atoms with Crippen LogP contribution < -0.4 is 11.5 Å². The van der Waals surface area contributed by atoms with Gasteiger partial charge in [-0.25, -0.2) is 4.98 Å². The quantitative estimate of drug-likeness (QED) is 0.817. The van der Waals surface area contributed by atoms with Gasteiger partial charge in [-0.3, -0.25) is 4.90 Å². The Bertz CT molecular complexity index is 358. The van der Waals surface area contributed by atoms with Crippen molar-refractivity contribution in [3.8, 4) is 0 Å². The number of nitrogens with two attached hydrogens (primary N) is 2. The Morgan fingerprint density at radius 3 is 2.41 bits per heavy atom. The Morgan fingerprint density at radius 1 is 1.35 bits per heavy atom. The van der Waals surface area contributed by atoms with Crippen molar-refractivity contribution in [1.29, 1.82) is 0 Å². The van der Waals surface area contributed by atoms with Crippen LogP contribution in [0, 0.1) is 0 Å². The highest BCUT2D eigenvalue weighted by Gasteiger charge is 2.33. The maximum Gasteiger partial charge on any atom is 0.128 e. The summed E-state index contributed by atoms with van der Waals surface area (Å²) < 4.78 is 0. The van der Waals surface area contributed by atoms with Crippen molar-refractivity contribution in [2.45, 2.75) is 39.3 Å². The van der Waals surface area contributed by atoms with Gasteiger partial charge in [0.05, 0.1) is 6.04 Å². The van der Waals surface area contributed by atoms with Crippen LogP contribution in [0.2, 0.25) is 0 Å². The van der Waals surface area contributed by atoms with Crippen LogP contribution in [0.25, 0.3) is 0 Å². The molecule has 1 rings (SSSR count). The summed E-state index contributed by atoms with van der Waals surface area (Å²) in [6.07, 6.45) is 1.69. The van der Waals surface area contributed by atoms with Crippen molar-refractivity contribution in [3.05, 3.63) is 23.9 Å². The van der Waals surface area contributed by atoms with E-state index in [1.165, 1.54) is 0 Å². The maximum absolute atomic E-state index is 6.36. The summed E-state index contributed by atoms with van der Waals surface area (Å²) in [6.45, 7) is 10.5. The van der Waals surface area contributed by atoms with Gasteiger partial charge >= 0.3 is 0 Å². The zero-order chi connectivity index (χ0) is 13.1. The van der Waals surface area contributed by atoms with Gasteiger partial charge < -0.3 is 11.5 Å². The van der Waals surface area contributed by atoms with Crippen LogP contribution in [0.5, 0.6) is 0 Å². The van der Waals surface area contributed by atoms with Crippen LogP contribution >= 0.6 is 0 Å². The van der Waals surface area contributed by atoms with E-state index in [-0.39, 0.29) is 11.6 Å². The molecule has 0 spiro atoms. The first-order chi connectivity index (χ1) is 7.95. The molecule has 96 valence electrons. The number of anilines is 1. The largest absolute Gasteiger partial charge is 0.383 e. The number of likely N-dealkylation sites (N-methyl/N-ethyl adjacent to an activating group) is 1. The second-order valence-electron chi connectivity index (χ2n) is 4.78. The number of nitrogens with zero attached hydrogens (tertiary/aromatic N) is 2. The fraction of sp³-hybridized carbons (Fsp3) is 0.615. The third-order valence-corrected chi connectivity index (χ3v) is 3.55. The van der Waals surface area contributed by atoms with Crippen LogP contribution in [0.3, 0.4) is 0 Å². The van der Waals surface area contributed by atoms with Crippen LogP contribution in [0.15, 0.2) is 18.3 Å². The minimum atomic E-state index is -0.143. The third-order valence-electron chi connectivity index (χ3n) is 3.55. The maximum atomic E-state index is 6.36. The van der Waals surface area contributed by atoms with E-state index in [1.807, 2.05) is 12.1 Å². The molecule has 1 heterocycles. The number of pyridine rings is 1. The lowest BCUT2D eigenvalue weighted by atomic mass is 9.87. The summed E-state index contributed by atoms with van der Waals surface area (Å²) in [5.41, 5.74) is 13.0. The van der Waals surface area contributed by atoms with Crippen molar-refractivity contribution in [1.82, 2.24) is 9.88 Å². The smallest absolute Gasteiger partial charge is 0.128 e. The van der Waals surface area contributed by atoms with Gasteiger partial charge in [-0.05, 0) is 33.0 Å². The number of rotatable bonds is 5. The number of aromatic nitrogens is 1. The van der Waals surface area contributed by atoms with Crippen molar-refractivity contribution in [2.75, 3.05) is 18.8 Å². The SMILES string of the molecule is CCN(CC)C(C)(C)C(N)c1cccnc1N. The molecule has 1 aromatic rings. The van der Waals surface area contributed by atoms with Crippen LogP contribution in [-0.4, -0.2) is 28.5 Å². The second-order valence-corrected chi connectivity index (χ2v) is 4.78. The predicted octanol–water partition coefficient (Wildman–Crippen LogP) is 1.78. The molecular formula is C13H24N4. The van der Waals surface area contributed by atoms with E-state index in [9.17, 15) is 0 Å². The minimum Gasteiger partial charge on any atom is -0.383 e. The first kappa shape index (κ1) is 13.9. The van der Waals surface area contributed by atoms with Gasteiger partial charge in [0, 0.05) is 17.3 Å². The van der Waals surface area contributed by atoms with Gasteiger partial charge in [-0.2, -0.15) is 0 Å². The fourth-order valence-corrected chi connectivity index (χ4v) is 2.31. The minimum absolute atomic E-state index is 0.138.